The van der Waals surface area contributed by atoms with Crippen LogP contribution in [0.25, 0.3) is 0 Å². The van der Waals surface area contributed by atoms with Crippen molar-refractivity contribution < 1.29 is 13.9 Å². The average Bonchev–Trinajstić information content (AvgIpc) is 2.90. The number of nitrogens with one attached hydrogen (secondary N) is 1. The van der Waals surface area contributed by atoms with Crippen LogP contribution in [-0.4, -0.2) is 64.7 Å². The maximum absolute atomic E-state index is 13.3. The van der Waals surface area contributed by atoms with Crippen molar-refractivity contribution in [1.29, 1.82) is 0 Å². The maximum Gasteiger partial charge on any atom is 0.251 e. The molecule has 0 saturated carbocycles. The van der Waals surface area contributed by atoms with Crippen LogP contribution in [-0.2, 0) is 0 Å². The summed E-state index contributed by atoms with van der Waals surface area (Å²) >= 11 is 0. The molecule has 3 aromatic carbocycles. The third-order valence-electron chi connectivity index (χ3n) is 6.53. The normalized spacial score (nSPS) is 14.9. The van der Waals surface area contributed by atoms with Gasteiger partial charge in [0.2, 0.25) is 0 Å². The number of hydrogen-bond donors (Lipinski definition) is 1. The summed E-state index contributed by atoms with van der Waals surface area (Å²) in [5, 5.41) is 3.13. The molecular formula is C28H33FN4O2. The molecule has 0 radical (unpaired) electrons. The van der Waals surface area contributed by atoms with Crippen LogP contribution in [0.15, 0.2) is 72.8 Å². The van der Waals surface area contributed by atoms with E-state index >= 15 is 0 Å². The maximum atomic E-state index is 13.3. The lowest BCUT2D eigenvalue weighted by atomic mass is 10.0. The van der Waals surface area contributed by atoms with Crippen LogP contribution in [0.5, 0.6) is 5.75 Å². The SMILES string of the molecule is COc1cccc(C(=O)NC[C@@H](c2ccc(N(C)C)cc2)N2CCN(c3ccc(F)cc3)CC2)c1. The van der Waals surface area contributed by atoms with Crippen LogP contribution in [0.3, 0.4) is 0 Å². The molecule has 0 aliphatic carbocycles. The molecule has 6 nitrogen and oxygen atoms in total. The van der Waals surface area contributed by atoms with Crippen LogP contribution in [0.4, 0.5) is 15.8 Å². The molecule has 1 aliphatic rings. The number of carbonyl (C=O) groups is 1. The molecule has 0 unspecified atom stereocenters. The molecule has 0 spiro atoms. The topological polar surface area (TPSA) is 48.1 Å². The molecule has 0 bridgehead atoms. The second kappa shape index (κ2) is 11.2. The van der Waals surface area contributed by atoms with Crippen LogP contribution >= 0.6 is 0 Å². The molecular weight excluding hydrogens is 443 g/mol. The number of amides is 1. The molecule has 1 aliphatic heterocycles. The Morgan fingerprint density at radius 1 is 1.00 bits per heavy atom. The molecule has 184 valence electrons. The molecule has 1 fully saturated rings. The fourth-order valence-corrected chi connectivity index (χ4v) is 4.45. The van der Waals surface area contributed by atoms with Crippen molar-refractivity contribution in [2.45, 2.75) is 6.04 Å². The standard InChI is InChI=1S/C28H33FN4O2/c1-31(2)24-11-7-21(8-12-24)27(20-30-28(34)22-5-4-6-26(19-22)35-3)33-17-15-32(16-18-33)25-13-9-23(29)10-14-25/h4-14,19,27H,15-18,20H2,1-3H3,(H,30,34)/t27-/m0/s1. The Morgan fingerprint density at radius 3 is 2.31 bits per heavy atom. The van der Waals surface area contributed by atoms with E-state index in [0.29, 0.717) is 17.9 Å². The number of hydrogen-bond acceptors (Lipinski definition) is 5. The summed E-state index contributed by atoms with van der Waals surface area (Å²) in [5.41, 5.74) is 3.90. The molecule has 7 heteroatoms. The molecule has 1 N–H and O–H groups in total. The van der Waals surface area contributed by atoms with E-state index in [9.17, 15) is 9.18 Å². The van der Waals surface area contributed by atoms with Gasteiger partial charge in [0.15, 0.2) is 0 Å². The number of nitrogens with zero attached hydrogens (tertiary/aromatic N) is 3. The Hall–Kier alpha value is -3.58. The highest BCUT2D eigenvalue weighted by Crippen LogP contribution is 2.26. The number of methoxy groups -OCH3 is 1. The Bertz CT molecular complexity index is 1110. The second-order valence-electron chi connectivity index (χ2n) is 8.94. The third-order valence-corrected chi connectivity index (χ3v) is 6.53. The fourth-order valence-electron chi connectivity index (χ4n) is 4.45. The van der Waals surface area contributed by atoms with Gasteiger partial charge >= 0.3 is 0 Å². The van der Waals surface area contributed by atoms with Crippen molar-refractivity contribution >= 4 is 17.3 Å². The minimum Gasteiger partial charge on any atom is -0.497 e. The molecule has 1 saturated heterocycles. The Balaban J connectivity index is 1.48. The summed E-state index contributed by atoms with van der Waals surface area (Å²) in [6.45, 7) is 3.84. The lowest BCUT2D eigenvalue weighted by Crippen LogP contribution is -2.50. The van der Waals surface area contributed by atoms with Gasteiger partial charge in [0.1, 0.15) is 11.6 Å². The average molecular weight is 477 g/mol. The minimum absolute atomic E-state index is 0.0381. The van der Waals surface area contributed by atoms with Crippen LogP contribution in [0.2, 0.25) is 0 Å². The van der Waals surface area contributed by atoms with Gasteiger partial charge in [0, 0.05) is 63.8 Å². The van der Waals surface area contributed by atoms with E-state index < -0.39 is 0 Å². The largest absolute Gasteiger partial charge is 0.497 e. The van der Waals surface area contributed by atoms with Gasteiger partial charge in [0.25, 0.3) is 5.91 Å². The molecule has 1 heterocycles. The molecule has 0 aromatic heterocycles. The molecule has 3 aromatic rings. The summed E-state index contributed by atoms with van der Waals surface area (Å²) in [4.78, 5) is 19.7. The zero-order valence-electron chi connectivity index (χ0n) is 20.6. The number of piperazine rings is 1. The fraction of sp³-hybridized carbons (Fsp3) is 0.321. The second-order valence-corrected chi connectivity index (χ2v) is 8.94. The van der Waals surface area contributed by atoms with Crippen molar-refractivity contribution in [3.05, 3.63) is 89.7 Å². The van der Waals surface area contributed by atoms with Crippen molar-refractivity contribution in [3.8, 4) is 5.75 Å². The van der Waals surface area contributed by atoms with Crippen LogP contribution < -0.4 is 19.9 Å². The van der Waals surface area contributed by atoms with E-state index in [4.69, 9.17) is 4.74 Å². The third kappa shape index (κ3) is 6.11. The smallest absolute Gasteiger partial charge is 0.251 e. The first-order valence-electron chi connectivity index (χ1n) is 11.9. The summed E-state index contributed by atoms with van der Waals surface area (Å²) in [6, 6.07) is 22.4. The summed E-state index contributed by atoms with van der Waals surface area (Å²) < 4.78 is 18.6. The van der Waals surface area contributed by atoms with Gasteiger partial charge in [-0.05, 0) is 60.2 Å². The van der Waals surface area contributed by atoms with Gasteiger partial charge in [-0.1, -0.05) is 18.2 Å². The zero-order chi connectivity index (χ0) is 24.8. The molecule has 1 amide bonds. The van der Waals surface area contributed by atoms with E-state index in [1.807, 2.05) is 38.4 Å². The summed E-state index contributed by atoms with van der Waals surface area (Å²) in [6.07, 6.45) is 0. The summed E-state index contributed by atoms with van der Waals surface area (Å²) in [7, 11) is 5.64. The Morgan fingerprint density at radius 2 is 1.69 bits per heavy atom. The van der Waals surface area contributed by atoms with Crippen LogP contribution in [0, 0.1) is 5.82 Å². The number of carbonyl (C=O) groups excluding carboxylic acids is 1. The van der Waals surface area contributed by atoms with E-state index in [1.165, 1.54) is 12.1 Å². The van der Waals surface area contributed by atoms with Gasteiger partial charge < -0.3 is 19.9 Å². The van der Waals surface area contributed by atoms with Crippen molar-refractivity contribution in [1.82, 2.24) is 10.2 Å². The number of rotatable bonds is 8. The molecule has 4 rings (SSSR count). The van der Waals surface area contributed by atoms with E-state index in [1.54, 1.807) is 19.2 Å². The highest BCUT2D eigenvalue weighted by atomic mass is 19.1. The first-order valence-corrected chi connectivity index (χ1v) is 11.9. The number of halogens is 1. The van der Waals surface area contributed by atoms with Crippen molar-refractivity contribution in [2.24, 2.45) is 0 Å². The lowest BCUT2D eigenvalue weighted by Gasteiger charge is -2.40. The highest BCUT2D eigenvalue weighted by Gasteiger charge is 2.26. The predicted molar refractivity (Wildman–Crippen MR) is 139 cm³/mol. The minimum atomic E-state index is -0.222. The van der Waals surface area contributed by atoms with Crippen molar-refractivity contribution in [3.63, 3.8) is 0 Å². The quantitative estimate of drug-likeness (QED) is 0.528. The van der Waals surface area contributed by atoms with E-state index in [-0.39, 0.29) is 17.8 Å². The van der Waals surface area contributed by atoms with Gasteiger partial charge in [0.05, 0.1) is 13.2 Å². The first kappa shape index (κ1) is 24.5. The van der Waals surface area contributed by atoms with E-state index in [0.717, 1.165) is 43.1 Å². The van der Waals surface area contributed by atoms with Gasteiger partial charge in [-0.15, -0.1) is 0 Å². The van der Waals surface area contributed by atoms with Gasteiger partial charge in [-0.2, -0.15) is 0 Å². The zero-order valence-corrected chi connectivity index (χ0v) is 20.6. The van der Waals surface area contributed by atoms with Crippen LogP contribution in [0.1, 0.15) is 22.0 Å². The number of ether oxygens (including phenoxy) is 1. The van der Waals surface area contributed by atoms with Crippen molar-refractivity contribution in [2.75, 3.05) is 63.7 Å². The van der Waals surface area contributed by atoms with E-state index in [2.05, 4.69) is 44.3 Å². The molecule has 35 heavy (non-hydrogen) atoms. The Kier molecular flexibility index (Phi) is 7.87. The Labute approximate surface area is 206 Å². The number of benzene rings is 3. The van der Waals surface area contributed by atoms with Gasteiger partial charge in [-0.25, -0.2) is 4.39 Å². The molecule has 1 atom stereocenters. The summed E-state index contributed by atoms with van der Waals surface area (Å²) in [5.74, 6) is 0.314. The monoisotopic (exact) mass is 476 g/mol. The predicted octanol–water partition coefficient (Wildman–Crippen LogP) is 4.19. The lowest BCUT2D eigenvalue weighted by molar-refractivity contribution is 0.0930. The number of anilines is 2. The highest BCUT2D eigenvalue weighted by molar-refractivity contribution is 5.94. The first-order chi connectivity index (χ1) is 16.9. The van der Waals surface area contributed by atoms with Gasteiger partial charge in [-0.3, -0.25) is 9.69 Å².